The summed E-state index contributed by atoms with van der Waals surface area (Å²) in [7, 11) is 0. The summed E-state index contributed by atoms with van der Waals surface area (Å²) in [6.07, 6.45) is 1.36. The van der Waals surface area contributed by atoms with Gasteiger partial charge in [-0.05, 0) is 36.8 Å². The zero-order chi connectivity index (χ0) is 17.8. The van der Waals surface area contributed by atoms with Crippen LogP contribution in [-0.4, -0.2) is 39.4 Å². The molecule has 1 aliphatic rings. The number of anilines is 1. The quantitative estimate of drug-likeness (QED) is 0.917. The number of thioether (sulfide) groups is 1. The molecule has 3 rings (SSSR count). The number of nitriles is 1. The number of rotatable bonds is 3. The monoisotopic (exact) mass is 352 g/mol. The lowest BCUT2D eigenvalue weighted by atomic mass is 10.2. The Balaban J connectivity index is 1.74. The lowest BCUT2D eigenvalue weighted by molar-refractivity contribution is -0.119. The number of carbonyl (C=O) groups excluding carboxylic acids is 2. The molecular weight excluding hydrogens is 336 g/mol. The SMILES string of the molecule is Cc1cccc(NC(=O)C2CSCN2C(=O)c2ccc(C#N)cn2)c1. The minimum absolute atomic E-state index is 0.211. The first-order valence-corrected chi connectivity index (χ1v) is 8.86. The van der Waals surface area contributed by atoms with Gasteiger partial charge in [0.25, 0.3) is 5.91 Å². The van der Waals surface area contributed by atoms with Crippen LogP contribution >= 0.6 is 11.8 Å². The average Bonchev–Trinajstić information content (AvgIpc) is 3.11. The Morgan fingerprint density at radius 2 is 2.20 bits per heavy atom. The van der Waals surface area contributed by atoms with Gasteiger partial charge in [-0.15, -0.1) is 11.8 Å². The zero-order valence-electron chi connectivity index (χ0n) is 13.6. The van der Waals surface area contributed by atoms with Gasteiger partial charge in [-0.1, -0.05) is 12.1 Å². The fraction of sp³-hybridized carbons (Fsp3) is 0.222. The summed E-state index contributed by atoms with van der Waals surface area (Å²) >= 11 is 1.53. The van der Waals surface area contributed by atoms with E-state index in [9.17, 15) is 9.59 Å². The lowest BCUT2D eigenvalue weighted by Gasteiger charge is -2.22. The van der Waals surface area contributed by atoms with Crippen LogP contribution in [0.4, 0.5) is 5.69 Å². The minimum atomic E-state index is -0.546. The predicted octanol–water partition coefficient (Wildman–Crippen LogP) is 2.42. The molecule has 1 aliphatic heterocycles. The third-order valence-corrected chi connectivity index (χ3v) is 4.86. The summed E-state index contributed by atoms with van der Waals surface area (Å²) < 4.78 is 0. The Morgan fingerprint density at radius 3 is 2.88 bits per heavy atom. The first kappa shape index (κ1) is 17.0. The molecule has 0 spiro atoms. The summed E-state index contributed by atoms with van der Waals surface area (Å²) in [5, 5.41) is 11.7. The van der Waals surface area contributed by atoms with Gasteiger partial charge in [0.05, 0.1) is 11.4 Å². The Kier molecular flexibility index (Phi) is 5.00. The van der Waals surface area contributed by atoms with Gasteiger partial charge in [-0.2, -0.15) is 5.26 Å². The second-order valence-corrected chi connectivity index (χ2v) is 6.69. The second kappa shape index (κ2) is 7.36. The molecule has 1 saturated heterocycles. The molecule has 2 amide bonds. The third kappa shape index (κ3) is 3.80. The van der Waals surface area contributed by atoms with E-state index >= 15 is 0 Å². The summed E-state index contributed by atoms with van der Waals surface area (Å²) in [5.74, 6) is 0.461. The van der Waals surface area contributed by atoms with Crippen molar-refractivity contribution in [2.45, 2.75) is 13.0 Å². The summed E-state index contributed by atoms with van der Waals surface area (Å²) in [5.41, 5.74) is 2.38. The van der Waals surface area contributed by atoms with E-state index in [2.05, 4.69) is 10.3 Å². The molecule has 1 aromatic carbocycles. The van der Waals surface area contributed by atoms with Crippen LogP contribution in [0.2, 0.25) is 0 Å². The molecule has 1 aromatic heterocycles. The van der Waals surface area contributed by atoms with E-state index in [1.165, 1.54) is 28.9 Å². The van der Waals surface area contributed by atoms with Crippen molar-refractivity contribution >= 4 is 29.3 Å². The number of pyridine rings is 1. The molecule has 0 saturated carbocycles. The standard InChI is InChI=1S/C18H16N4O2S/c1-12-3-2-4-14(7-12)21-17(23)16-10-25-11-22(16)18(24)15-6-5-13(8-19)9-20-15/h2-7,9,16H,10-11H2,1H3,(H,21,23). The van der Waals surface area contributed by atoms with Crippen LogP contribution in [0.5, 0.6) is 0 Å². The highest BCUT2D eigenvalue weighted by Gasteiger charge is 2.35. The number of aromatic nitrogens is 1. The summed E-state index contributed by atoms with van der Waals surface area (Å²) in [6.45, 7) is 1.95. The summed E-state index contributed by atoms with van der Waals surface area (Å²) in [4.78, 5) is 30.8. The van der Waals surface area contributed by atoms with E-state index in [1.54, 1.807) is 6.07 Å². The topological polar surface area (TPSA) is 86.1 Å². The lowest BCUT2D eigenvalue weighted by Crippen LogP contribution is -2.44. The Morgan fingerprint density at radius 1 is 1.36 bits per heavy atom. The summed E-state index contributed by atoms with van der Waals surface area (Å²) in [6, 6.07) is 12.0. The highest BCUT2D eigenvalue weighted by molar-refractivity contribution is 7.99. The van der Waals surface area contributed by atoms with Crippen molar-refractivity contribution in [2.24, 2.45) is 0 Å². The molecule has 1 fully saturated rings. The Bertz CT molecular complexity index is 845. The fourth-order valence-electron chi connectivity index (χ4n) is 2.54. The zero-order valence-corrected chi connectivity index (χ0v) is 14.4. The molecular formula is C18H16N4O2S. The molecule has 6 nitrogen and oxygen atoms in total. The van der Waals surface area contributed by atoms with E-state index in [4.69, 9.17) is 5.26 Å². The first-order chi connectivity index (χ1) is 12.1. The molecule has 0 radical (unpaired) electrons. The van der Waals surface area contributed by atoms with E-state index in [1.807, 2.05) is 37.3 Å². The number of hydrogen-bond donors (Lipinski definition) is 1. The van der Waals surface area contributed by atoms with E-state index in [-0.39, 0.29) is 17.5 Å². The maximum Gasteiger partial charge on any atom is 0.273 e. The van der Waals surface area contributed by atoms with Crippen molar-refractivity contribution in [1.82, 2.24) is 9.88 Å². The Hall–Kier alpha value is -2.85. The molecule has 2 aromatic rings. The molecule has 1 unspecified atom stereocenters. The minimum Gasteiger partial charge on any atom is -0.324 e. The van der Waals surface area contributed by atoms with Crippen molar-refractivity contribution in [3.05, 3.63) is 59.4 Å². The van der Waals surface area contributed by atoms with Crippen LogP contribution in [0.1, 0.15) is 21.6 Å². The predicted molar refractivity (Wildman–Crippen MR) is 96.0 cm³/mol. The van der Waals surface area contributed by atoms with Crippen molar-refractivity contribution < 1.29 is 9.59 Å². The molecule has 126 valence electrons. The molecule has 0 bridgehead atoms. The molecule has 7 heteroatoms. The van der Waals surface area contributed by atoms with Gasteiger partial charge < -0.3 is 10.2 Å². The Labute approximate surface area is 149 Å². The van der Waals surface area contributed by atoms with E-state index in [0.717, 1.165) is 5.56 Å². The third-order valence-electron chi connectivity index (χ3n) is 3.84. The molecule has 25 heavy (non-hydrogen) atoms. The van der Waals surface area contributed by atoms with Gasteiger partial charge in [-0.3, -0.25) is 9.59 Å². The molecule has 2 heterocycles. The number of hydrogen-bond acceptors (Lipinski definition) is 5. The van der Waals surface area contributed by atoms with Gasteiger partial charge >= 0.3 is 0 Å². The van der Waals surface area contributed by atoms with Crippen molar-refractivity contribution in [1.29, 1.82) is 5.26 Å². The van der Waals surface area contributed by atoms with E-state index < -0.39 is 6.04 Å². The largest absolute Gasteiger partial charge is 0.324 e. The molecule has 1 N–H and O–H groups in total. The normalized spacial score (nSPS) is 16.3. The van der Waals surface area contributed by atoms with Gasteiger partial charge in [0, 0.05) is 17.6 Å². The van der Waals surface area contributed by atoms with Gasteiger partial charge in [0.1, 0.15) is 17.8 Å². The number of carbonyl (C=O) groups is 2. The fourth-order valence-corrected chi connectivity index (χ4v) is 3.70. The highest BCUT2D eigenvalue weighted by Crippen LogP contribution is 2.24. The highest BCUT2D eigenvalue weighted by atomic mass is 32.2. The molecule has 1 atom stereocenters. The van der Waals surface area contributed by atoms with E-state index in [0.29, 0.717) is 22.9 Å². The van der Waals surface area contributed by atoms with Crippen molar-refractivity contribution in [3.63, 3.8) is 0 Å². The first-order valence-electron chi connectivity index (χ1n) is 7.71. The number of aryl methyl sites for hydroxylation is 1. The second-order valence-electron chi connectivity index (χ2n) is 5.69. The van der Waals surface area contributed by atoms with Crippen LogP contribution < -0.4 is 5.32 Å². The van der Waals surface area contributed by atoms with Gasteiger partial charge in [0.15, 0.2) is 0 Å². The maximum absolute atomic E-state index is 12.7. The van der Waals surface area contributed by atoms with Gasteiger partial charge in [-0.25, -0.2) is 4.98 Å². The number of nitrogens with one attached hydrogen (secondary N) is 1. The maximum atomic E-state index is 12.7. The van der Waals surface area contributed by atoms with Crippen molar-refractivity contribution in [3.8, 4) is 6.07 Å². The average molecular weight is 352 g/mol. The smallest absolute Gasteiger partial charge is 0.273 e. The van der Waals surface area contributed by atoms with Crippen LogP contribution in [-0.2, 0) is 4.79 Å². The number of amides is 2. The number of benzene rings is 1. The van der Waals surface area contributed by atoms with Crippen molar-refractivity contribution in [2.75, 3.05) is 16.9 Å². The van der Waals surface area contributed by atoms with Crippen LogP contribution in [0.25, 0.3) is 0 Å². The van der Waals surface area contributed by atoms with Crippen LogP contribution in [0, 0.1) is 18.3 Å². The van der Waals surface area contributed by atoms with Crippen LogP contribution in [0.15, 0.2) is 42.6 Å². The number of nitrogens with zero attached hydrogens (tertiary/aromatic N) is 3. The van der Waals surface area contributed by atoms with Gasteiger partial charge in [0.2, 0.25) is 5.91 Å². The molecule has 0 aliphatic carbocycles. The van der Waals surface area contributed by atoms with Crippen LogP contribution in [0.3, 0.4) is 0 Å².